The summed E-state index contributed by atoms with van der Waals surface area (Å²) < 4.78 is 8.29. The highest BCUT2D eigenvalue weighted by molar-refractivity contribution is 14.1. The molecule has 0 aliphatic carbocycles. The summed E-state index contributed by atoms with van der Waals surface area (Å²) in [5.41, 5.74) is 7.35. The molecule has 0 unspecified atom stereocenters. The molecule has 5 nitrogen and oxygen atoms in total. The average molecular weight is 665 g/mol. The molecule has 24 heavy (non-hydrogen) atoms. The Morgan fingerprint density at radius 2 is 1.75 bits per heavy atom. The normalized spacial score (nSPS) is 12.0. The van der Waals surface area contributed by atoms with Crippen molar-refractivity contribution in [3.05, 3.63) is 46.1 Å². The van der Waals surface area contributed by atoms with Crippen LogP contribution in [0.3, 0.4) is 0 Å². The van der Waals surface area contributed by atoms with Gasteiger partial charge in [-0.15, -0.1) is 0 Å². The highest BCUT2D eigenvalue weighted by Crippen LogP contribution is 2.36. The number of aromatic hydroxyl groups is 1. The highest BCUT2D eigenvalue weighted by atomic mass is 127. The van der Waals surface area contributed by atoms with Gasteiger partial charge in [0.25, 0.3) is 0 Å². The number of carboxylic acids is 1. The van der Waals surface area contributed by atoms with E-state index < -0.39 is 12.0 Å². The number of benzene rings is 2. The largest absolute Gasteiger partial charge is 0.506 e. The Balaban J connectivity index is 2.30. The third-order valence-electron chi connectivity index (χ3n) is 3.27. The van der Waals surface area contributed by atoms with Crippen molar-refractivity contribution < 1.29 is 19.7 Å². The van der Waals surface area contributed by atoms with Crippen LogP contribution in [-0.4, -0.2) is 22.2 Å². The first kappa shape index (κ1) is 20.0. The van der Waals surface area contributed by atoms with Crippen molar-refractivity contribution in [3.63, 3.8) is 0 Å². The minimum absolute atomic E-state index is 0.243. The van der Waals surface area contributed by atoms with E-state index in [2.05, 4.69) is 67.8 Å². The second kappa shape index (κ2) is 8.36. The number of hydrogen-bond acceptors (Lipinski definition) is 4. The van der Waals surface area contributed by atoms with Gasteiger partial charge in [-0.1, -0.05) is 6.07 Å². The zero-order valence-corrected chi connectivity index (χ0v) is 19.0. The Labute approximate surface area is 180 Å². The van der Waals surface area contributed by atoms with Crippen molar-refractivity contribution in [2.75, 3.05) is 0 Å². The molecule has 0 aliphatic heterocycles. The fourth-order valence-corrected chi connectivity index (χ4v) is 4.76. The molecule has 1 atom stereocenters. The number of aryl methyl sites for hydroxylation is 1. The van der Waals surface area contributed by atoms with Crippen molar-refractivity contribution in [3.8, 4) is 17.2 Å². The van der Waals surface area contributed by atoms with E-state index >= 15 is 0 Å². The molecule has 2 rings (SSSR count). The Morgan fingerprint density at radius 3 is 2.25 bits per heavy atom. The monoisotopic (exact) mass is 665 g/mol. The second-order valence-corrected chi connectivity index (χ2v) is 8.70. The smallest absolute Gasteiger partial charge is 0.320 e. The summed E-state index contributed by atoms with van der Waals surface area (Å²) in [6, 6.07) is 6.37. The van der Waals surface area contributed by atoms with Crippen LogP contribution in [-0.2, 0) is 11.2 Å². The summed E-state index contributed by atoms with van der Waals surface area (Å²) in [5.74, 6) is 0.572. The third-order valence-corrected chi connectivity index (χ3v) is 5.72. The van der Waals surface area contributed by atoms with Gasteiger partial charge in [-0.25, -0.2) is 0 Å². The maximum absolute atomic E-state index is 10.9. The third kappa shape index (κ3) is 4.85. The Kier molecular flexibility index (Phi) is 6.96. The van der Waals surface area contributed by atoms with Gasteiger partial charge in [-0.3, -0.25) is 4.79 Å². The van der Waals surface area contributed by atoms with Crippen LogP contribution in [0.1, 0.15) is 11.1 Å². The molecule has 0 aliphatic rings. The molecule has 0 heterocycles. The number of aliphatic carboxylic acids is 1. The molecule has 0 radical (unpaired) electrons. The summed E-state index contributed by atoms with van der Waals surface area (Å²) in [6.07, 6.45) is 0.265. The van der Waals surface area contributed by atoms with Gasteiger partial charge >= 0.3 is 5.97 Å². The Hall–Kier alpha value is -0.340. The van der Waals surface area contributed by atoms with Gasteiger partial charge in [0.1, 0.15) is 23.3 Å². The zero-order chi connectivity index (χ0) is 18.0. The standard InChI is InChI=1S/C16H14I3NO4/c1-7-2-8(4-13(20)16(22)23)3-12(19)15(7)24-9-5-10(17)14(21)11(18)6-9/h2-3,5-6,13,21H,4,20H2,1H3,(H,22,23)/t13-/m1/s1. The van der Waals surface area contributed by atoms with Gasteiger partial charge in [0, 0.05) is 0 Å². The molecule has 0 saturated carbocycles. The number of hydrogen-bond donors (Lipinski definition) is 3. The number of carbonyl (C=O) groups is 1. The first-order valence-corrected chi connectivity index (χ1v) is 10.1. The number of phenols is 1. The minimum atomic E-state index is -1.02. The molecule has 4 N–H and O–H groups in total. The van der Waals surface area contributed by atoms with Gasteiger partial charge in [0.05, 0.1) is 10.7 Å². The quantitative estimate of drug-likeness (QED) is 0.416. The average Bonchev–Trinajstić information content (AvgIpc) is 2.48. The molecule has 2 aromatic rings. The molecule has 2 aromatic carbocycles. The van der Waals surface area contributed by atoms with E-state index in [1.54, 1.807) is 12.1 Å². The summed E-state index contributed by atoms with van der Waals surface area (Å²) in [4.78, 5) is 10.9. The van der Waals surface area contributed by atoms with Gasteiger partial charge in [0.2, 0.25) is 0 Å². The number of halogens is 3. The van der Waals surface area contributed by atoms with Gasteiger partial charge in [-0.05, 0) is 110 Å². The lowest BCUT2D eigenvalue weighted by Crippen LogP contribution is -2.32. The molecule has 0 spiro atoms. The predicted molar refractivity (Wildman–Crippen MR) is 117 cm³/mol. The van der Waals surface area contributed by atoms with E-state index in [1.165, 1.54) is 0 Å². The van der Waals surface area contributed by atoms with Gasteiger partial charge in [0.15, 0.2) is 0 Å². The lowest BCUT2D eigenvalue weighted by Gasteiger charge is -2.15. The topological polar surface area (TPSA) is 92.8 Å². The van der Waals surface area contributed by atoms with E-state index in [-0.39, 0.29) is 12.2 Å². The van der Waals surface area contributed by atoms with Crippen LogP contribution >= 0.6 is 67.8 Å². The highest BCUT2D eigenvalue weighted by Gasteiger charge is 2.16. The molecule has 128 valence electrons. The minimum Gasteiger partial charge on any atom is -0.506 e. The maximum Gasteiger partial charge on any atom is 0.320 e. The maximum atomic E-state index is 10.9. The van der Waals surface area contributed by atoms with Crippen molar-refractivity contribution in [1.82, 2.24) is 0 Å². The fraction of sp³-hybridized carbons (Fsp3) is 0.188. The van der Waals surface area contributed by atoms with E-state index in [0.29, 0.717) is 18.6 Å². The van der Waals surface area contributed by atoms with Crippen LogP contribution in [0.4, 0.5) is 0 Å². The summed E-state index contributed by atoms with van der Waals surface area (Å²) in [7, 11) is 0. The van der Waals surface area contributed by atoms with Crippen LogP contribution in [0.15, 0.2) is 24.3 Å². The molecular weight excluding hydrogens is 651 g/mol. The van der Waals surface area contributed by atoms with Crippen LogP contribution < -0.4 is 10.5 Å². The van der Waals surface area contributed by atoms with Crippen LogP contribution in [0.2, 0.25) is 0 Å². The van der Waals surface area contributed by atoms with Crippen molar-refractivity contribution in [2.45, 2.75) is 19.4 Å². The zero-order valence-electron chi connectivity index (χ0n) is 12.5. The summed E-state index contributed by atoms with van der Waals surface area (Å²) in [5, 5.41) is 18.8. The molecule has 0 bridgehead atoms. The van der Waals surface area contributed by atoms with E-state index in [4.69, 9.17) is 15.6 Å². The SMILES string of the molecule is Cc1cc(C[C@@H](N)C(=O)O)cc(I)c1Oc1cc(I)c(O)c(I)c1. The molecule has 0 aromatic heterocycles. The number of phenolic OH excluding ortho intramolecular Hbond substituents is 1. The van der Waals surface area contributed by atoms with E-state index in [0.717, 1.165) is 14.7 Å². The molecule has 0 fully saturated rings. The molecule has 0 amide bonds. The Bertz CT molecular complexity index is 749. The Morgan fingerprint density at radius 1 is 1.17 bits per heavy atom. The molecular formula is C16H14I3NO4. The van der Waals surface area contributed by atoms with E-state index in [9.17, 15) is 9.90 Å². The molecule has 0 saturated heterocycles. The number of ether oxygens (including phenoxy) is 1. The van der Waals surface area contributed by atoms with Crippen LogP contribution in [0.5, 0.6) is 17.2 Å². The second-order valence-electron chi connectivity index (χ2n) is 5.21. The van der Waals surface area contributed by atoms with Crippen molar-refractivity contribution in [1.29, 1.82) is 0 Å². The van der Waals surface area contributed by atoms with E-state index in [1.807, 2.05) is 19.1 Å². The fourth-order valence-electron chi connectivity index (χ4n) is 2.11. The van der Waals surface area contributed by atoms with Gasteiger partial charge < -0.3 is 20.7 Å². The van der Waals surface area contributed by atoms with Crippen LogP contribution in [0, 0.1) is 17.6 Å². The molecule has 8 heteroatoms. The number of carboxylic acid groups (broad SMARTS) is 1. The van der Waals surface area contributed by atoms with Crippen LogP contribution in [0.25, 0.3) is 0 Å². The summed E-state index contributed by atoms with van der Waals surface area (Å²) >= 11 is 6.27. The van der Waals surface area contributed by atoms with Crippen molar-refractivity contribution >= 4 is 73.7 Å². The summed E-state index contributed by atoms with van der Waals surface area (Å²) in [6.45, 7) is 1.91. The number of nitrogens with two attached hydrogens (primary N) is 1. The first-order chi connectivity index (χ1) is 11.2. The lowest BCUT2D eigenvalue weighted by molar-refractivity contribution is -0.138. The lowest BCUT2D eigenvalue weighted by atomic mass is 10.0. The predicted octanol–water partition coefficient (Wildman–Crippen LogP) is 4.26. The van der Waals surface area contributed by atoms with Gasteiger partial charge in [-0.2, -0.15) is 0 Å². The number of rotatable bonds is 5. The first-order valence-electron chi connectivity index (χ1n) is 6.82. The van der Waals surface area contributed by atoms with Crippen molar-refractivity contribution in [2.24, 2.45) is 5.73 Å².